The van der Waals surface area contributed by atoms with E-state index in [0.717, 1.165) is 43.3 Å². The number of cyclic esters (lactones) is 1. The average molecular weight is 567 g/mol. The Morgan fingerprint density at radius 2 is 1.52 bits per heavy atom. The number of Topliss-reactive ketones (excluding diaryl/α,β-unsaturated/α-hetero) is 1. The Kier molecular flexibility index (Phi) is 14.0. The number of rotatable bonds is 0. The number of esters is 1. The van der Waals surface area contributed by atoms with Crippen LogP contribution in [0.5, 0.6) is 0 Å². The number of hydrogen-bond acceptors (Lipinski definition) is 8. The zero-order valence-corrected chi connectivity index (χ0v) is 25.4. The number of epoxide rings is 1. The Hall–Kier alpha value is -1.58. The van der Waals surface area contributed by atoms with E-state index in [1.54, 1.807) is 20.8 Å². The van der Waals surface area contributed by atoms with Gasteiger partial charge >= 0.3 is 5.97 Å². The van der Waals surface area contributed by atoms with Crippen molar-refractivity contribution >= 4 is 11.8 Å². The first-order valence-corrected chi connectivity index (χ1v) is 15.2. The van der Waals surface area contributed by atoms with E-state index in [1.807, 2.05) is 13.8 Å². The van der Waals surface area contributed by atoms with Crippen LogP contribution in [0.25, 0.3) is 0 Å². The van der Waals surface area contributed by atoms with Gasteiger partial charge in [-0.3, -0.25) is 9.59 Å². The van der Waals surface area contributed by atoms with Crippen LogP contribution in [0.4, 0.5) is 0 Å². The maximum absolute atomic E-state index is 12.6. The Labute approximate surface area is 240 Å². The fourth-order valence-corrected chi connectivity index (χ4v) is 5.75. The van der Waals surface area contributed by atoms with Gasteiger partial charge in [0.2, 0.25) is 0 Å². The number of carbonyl (C=O) groups excluding carboxylic acids is 2. The van der Waals surface area contributed by atoms with Gasteiger partial charge in [-0.15, -0.1) is 0 Å². The second kappa shape index (κ2) is 16.2. The van der Waals surface area contributed by atoms with Gasteiger partial charge in [-0.2, -0.15) is 0 Å². The van der Waals surface area contributed by atoms with Crippen molar-refractivity contribution < 1.29 is 39.5 Å². The largest absolute Gasteiger partial charge is 0.462 e. The normalized spacial score (nSPS) is 42.3. The van der Waals surface area contributed by atoms with E-state index < -0.39 is 54.1 Å². The van der Waals surface area contributed by atoms with Crippen LogP contribution in [-0.4, -0.2) is 74.9 Å². The summed E-state index contributed by atoms with van der Waals surface area (Å²) in [4.78, 5) is 25.2. The van der Waals surface area contributed by atoms with E-state index in [1.165, 1.54) is 0 Å². The molecule has 0 aliphatic carbocycles. The molecule has 4 N–H and O–H groups in total. The molecule has 0 spiro atoms. The van der Waals surface area contributed by atoms with Crippen LogP contribution in [0, 0.1) is 23.7 Å². The molecule has 0 bridgehead atoms. The van der Waals surface area contributed by atoms with E-state index in [2.05, 4.69) is 19.6 Å². The summed E-state index contributed by atoms with van der Waals surface area (Å²) >= 11 is 0. The van der Waals surface area contributed by atoms with Crippen molar-refractivity contribution in [3.63, 3.8) is 0 Å². The maximum atomic E-state index is 12.6. The highest BCUT2D eigenvalue weighted by Crippen LogP contribution is 2.34. The van der Waals surface area contributed by atoms with Crippen LogP contribution in [0.3, 0.4) is 0 Å². The van der Waals surface area contributed by atoms with E-state index in [4.69, 9.17) is 9.47 Å². The Balaban J connectivity index is 2.07. The van der Waals surface area contributed by atoms with Gasteiger partial charge in [-0.05, 0) is 77.0 Å². The van der Waals surface area contributed by atoms with Crippen molar-refractivity contribution in [2.75, 3.05) is 0 Å². The maximum Gasteiger partial charge on any atom is 0.311 e. The monoisotopic (exact) mass is 566 g/mol. The Morgan fingerprint density at radius 3 is 2.20 bits per heavy atom. The molecule has 1 saturated heterocycles. The lowest BCUT2D eigenvalue weighted by Gasteiger charge is -2.27. The molecule has 0 aromatic rings. The highest BCUT2D eigenvalue weighted by Gasteiger charge is 2.39. The molecular weight excluding hydrogens is 512 g/mol. The molecule has 0 amide bonds. The van der Waals surface area contributed by atoms with Gasteiger partial charge in [0.1, 0.15) is 6.10 Å². The van der Waals surface area contributed by atoms with Gasteiger partial charge in [0.15, 0.2) is 5.78 Å². The Morgan fingerprint density at radius 1 is 0.875 bits per heavy atom. The fourth-order valence-electron chi connectivity index (χ4n) is 5.75. The summed E-state index contributed by atoms with van der Waals surface area (Å²) in [5.74, 6) is -1.93. The standard InChI is InChI=1S/C32H54O8/c1-18-12-19(2)14-29-28(40-29)11-9-8-10-26(34)24(7)32(38)39-23(6)15-22(5)30(36)31(37)27(35)17-25(33)16-21(4)20(3)13-18/h13,19,21-26,28-31,33-34,36-37H,1,8-12,14-17H2,2-7H3/b20-13+. The summed E-state index contributed by atoms with van der Waals surface area (Å²) in [5.41, 5.74) is 2.09. The van der Waals surface area contributed by atoms with Crippen LogP contribution in [0.2, 0.25) is 0 Å². The van der Waals surface area contributed by atoms with Gasteiger partial charge in [-0.25, -0.2) is 0 Å². The van der Waals surface area contributed by atoms with Crippen LogP contribution in [0.15, 0.2) is 23.8 Å². The summed E-state index contributed by atoms with van der Waals surface area (Å²) in [6.07, 6.45) is 2.51. The van der Waals surface area contributed by atoms with Crippen molar-refractivity contribution in [1.82, 2.24) is 0 Å². The van der Waals surface area contributed by atoms with E-state index in [0.29, 0.717) is 18.8 Å². The van der Waals surface area contributed by atoms with Gasteiger partial charge in [0.25, 0.3) is 0 Å². The molecule has 2 aliphatic rings. The first kappa shape index (κ1) is 34.6. The quantitative estimate of drug-likeness (QED) is 0.252. The third-order valence-electron chi connectivity index (χ3n) is 8.65. The molecule has 8 heteroatoms. The number of fused-ring (bicyclic) bond motifs is 1. The zero-order valence-electron chi connectivity index (χ0n) is 25.4. The summed E-state index contributed by atoms with van der Waals surface area (Å²) in [7, 11) is 0. The predicted octanol–water partition coefficient (Wildman–Crippen LogP) is 4.27. The molecule has 0 aromatic carbocycles. The number of ketones is 1. The van der Waals surface area contributed by atoms with Crippen molar-refractivity contribution in [2.45, 2.75) is 142 Å². The van der Waals surface area contributed by atoms with Crippen molar-refractivity contribution in [2.24, 2.45) is 23.7 Å². The molecule has 40 heavy (non-hydrogen) atoms. The molecule has 11 unspecified atom stereocenters. The number of ether oxygens (including phenoxy) is 2. The first-order chi connectivity index (χ1) is 18.7. The molecule has 230 valence electrons. The van der Waals surface area contributed by atoms with Crippen LogP contribution < -0.4 is 0 Å². The molecule has 2 rings (SSSR count). The van der Waals surface area contributed by atoms with Crippen molar-refractivity contribution in [3.8, 4) is 0 Å². The summed E-state index contributed by atoms with van der Waals surface area (Å²) in [5, 5.41) is 42.1. The molecule has 0 radical (unpaired) electrons. The lowest BCUT2D eigenvalue weighted by molar-refractivity contribution is -0.158. The molecule has 0 saturated carbocycles. The predicted molar refractivity (Wildman–Crippen MR) is 154 cm³/mol. The van der Waals surface area contributed by atoms with Crippen LogP contribution in [0.1, 0.15) is 99.3 Å². The Bertz CT molecular complexity index is 869. The molecule has 0 aromatic heterocycles. The number of allylic oxidation sites excluding steroid dienone is 3. The molecule has 8 nitrogen and oxygen atoms in total. The second-order valence-corrected chi connectivity index (χ2v) is 12.8. The minimum absolute atomic E-state index is 0.0157. The smallest absolute Gasteiger partial charge is 0.311 e. The van der Waals surface area contributed by atoms with E-state index in [9.17, 15) is 30.0 Å². The number of aliphatic hydroxyl groups excluding tert-OH is 4. The van der Waals surface area contributed by atoms with Gasteiger partial charge in [0.05, 0.1) is 42.5 Å². The van der Waals surface area contributed by atoms with Gasteiger partial charge in [0, 0.05) is 6.42 Å². The number of carbonyl (C=O) groups is 2. The van der Waals surface area contributed by atoms with E-state index in [-0.39, 0.29) is 31.0 Å². The topological polar surface area (TPSA) is 137 Å². The minimum atomic E-state index is -1.64. The molecular formula is C32H54O8. The third-order valence-corrected chi connectivity index (χ3v) is 8.65. The molecule has 1 fully saturated rings. The average Bonchev–Trinajstić information content (AvgIpc) is 3.60. The zero-order chi connectivity index (χ0) is 30.1. The van der Waals surface area contributed by atoms with Crippen LogP contribution in [-0.2, 0) is 19.1 Å². The van der Waals surface area contributed by atoms with Crippen molar-refractivity contribution in [3.05, 3.63) is 23.8 Å². The second-order valence-electron chi connectivity index (χ2n) is 12.8. The van der Waals surface area contributed by atoms with Gasteiger partial charge < -0.3 is 29.9 Å². The summed E-state index contributed by atoms with van der Waals surface area (Å²) in [6, 6.07) is 0. The first-order valence-electron chi connectivity index (χ1n) is 15.2. The highest BCUT2D eigenvalue weighted by atomic mass is 16.6. The molecule has 11 atom stereocenters. The van der Waals surface area contributed by atoms with Crippen molar-refractivity contribution in [1.29, 1.82) is 0 Å². The molecule has 2 aliphatic heterocycles. The minimum Gasteiger partial charge on any atom is -0.462 e. The fraction of sp³-hybridized carbons (Fsp3) is 0.812. The lowest BCUT2D eigenvalue weighted by atomic mass is 9.88. The van der Waals surface area contributed by atoms with E-state index >= 15 is 0 Å². The molecule has 2 heterocycles. The van der Waals surface area contributed by atoms with Gasteiger partial charge in [-0.1, -0.05) is 57.4 Å². The SMILES string of the molecule is C=C1/C=C(\C)C(C)CC(O)CC(=O)C(O)C(O)C(C)CC(C)OC(=O)C(C)C(O)CCCCC2OC2CC(C)C1. The lowest BCUT2D eigenvalue weighted by Crippen LogP contribution is -2.41. The third kappa shape index (κ3) is 11.4. The number of hydrogen-bond donors (Lipinski definition) is 4. The summed E-state index contributed by atoms with van der Waals surface area (Å²) in [6.45, 7) is 15.4. The highest BCUT2D eigenvalue weighted by molar-refractivity contribution is 5.83. The van der Waals surface area contributed by atoms with Crippen LogP contribution >= 0.6 is 0 Å². The summed E-state index contributed by atoms with van der Waals surface area (Å²) < 4.78 is 11.4. The number of aliphatic hydroxyl groups is 4.